The first kappa shape index (κ1) is 18.9. The third-order valence-electron chi connectivity index (χ3n) is 3.20. The Morgan fingerprint density at radius 1 is 0.842 bits per heavy atom. The second kappa shape index (κ2) is 8.97. The lowest BCUT2D eigenvalue weighted by molar-refractivity contribution is 0.224. The summed E-state index contributed by atoms with van der Waals surface area (Å²) in [6.07, 6.45) is 3.82. The molecule has 0 fully saturated rings. The van der Waals surface area contributed by atoms with Crippen LogP contribution in [0, 0.1) is 10.8 Å². The fourth-order valence-corrected chi connectivity index (χ4v) is 2.04. The molecule has 0 atom stereocenters. The van der Waals surface area contributed by atoms with Crippen LogP contribution in [0.25, 0.3) is 0 Å². The molecule has 0 saturated heterocycles. The van der Waals surface area contributed by atoms with E-state index in [0.29, 0.717) is 10.8 Å². The van der Waals surface area contributed by atoms with Crippen LogP contribution < -0.4 is 5.32 Å². The van der Waals surface area contributed by atoms with Gasteiger partial charge in [-0.1, -0.05) is 48.5 Å². The zero-order valence-corrected chi connectivity index (χ0v) is 14.6. The van der Waals surface area contributed by atoms with Crippen molar-refractivity contribution in [3.05, 3.63) is 0 Å². The Balaban J connectivity index is 3.76. The van der Waals surface area contributed by atoms with E-state index in [4.69, 9.17) is 0 Å². The van der Waals surface area contributed by atoms with Gasteiger partial charge in [-0.25, -0.2) is 0 Å². The molecule has 1 N–H and O–H groups in total. The number of hydrogen-bond acceptors (Lipinski definition) is 2. The Bertz CT molecular complexity index is 210. The van der Waals surface area contributed by atoms with Gasteiger partial charge in [-0.15, -0.1) is 0 Å². The third kappa shape index (κ3) is 14.1. The lowest BCUT2D eigenvalue weighted by Gasteiger charge is -2.27. The maximum Gasteiger partial charge on any atom is -0.0000116 e. The Morgan fingerprint density at radius 3 is 1.95 bits per heavy atom. The largest absolute Gasteiger partial charge is 0.316 e. The van der Waals surface area contributed by atoms with E-state index in [0.717, 1.165) is 13.1 Å². The van der Waals surface area contributed by atoms with Crippen molar-refractivity contribution in [2.45, 2.75) is 67.7 Å². The molecule has 0 heterocycles. The number of rotatable bonds is 9. The van der Waals surface area contributed by atoms with Gasteiger partial charge in [0.15, 0.2) is 0 Å². The summed E-state index contributed by atoms with van der Waals surface area (Å²) < 4.78 is 0. The van der Waals surface area contributed by atoms with E-state index < -0.39 is 0 Å². The normalized spacial score (nSPS) is 13.3. The lowest BCUT2D eigenvalue weighted by atomic mass is 9.92. The van der Waals surface area contributed by atoms with Crippen LogP contribution in [-0.2, 0) is 0 Å². The summed E-state index contributed by atoms with van der Waals surface area (Å²) in [5.74, 6) is 0. The van der Waals surface area contributed by atoms with Gasteiger partial charge >= 0.3 is 0 Å². The highest BCUT2D eigenvalue weighted by Crippen LogP contribution is 2.18. The van der Waals surface area contributed by atoms with Gasteiger partial charge in [0.2, 0.25) is 0 Å². The van der Waals surface area contributed by atoms with Gasteiger partial charge in [-0.3, -0.25) is 0 Å². The van der Waals surface area contributed by atoms with E-state index in [1.807, 2.05) is 0 Å². The molecule has 0 aliphatic heterocycles. The smallest absolute Gasteiger partial charge is 0.0000116 e. The summed E-state index contributed by atoms with van der Waals surface area (Å²) in [5, 5.41) is 3.57. The molecule has 0 amide bonds. The van der Waals surface area contributed by atoms with Crippen molar-refractivity contribution in [3.8, 4) is 0 Å². The molecular formula is C17H38N2. The Hall–Kier alpha value is -0.0800. The first-order chi connectivity index (χ1) is 8.64. The van der Waals surface area contributed by atoms with Gasteiger partial charge < -0.3 is 10.2 Å². The number of nitrogens with zero attached hydrogens (tertiary/aromatic N) is 1. The summed E-state index contributed by atoms with van der Waals surface area (Å²) in [5.41, 5.74) is 0.853. The Kier molecular flexibility index (Phi) is 8.93. The summed E-state index contributed by atoms with van der Waals surface area (Å²) in [7, 11) is 0. The van der Waals surface area contributed by atoms with Crippen LogP contribution in [-0.4, -0.2) is 37.6 Å². The topological polar surface area (TPSA) is 15.3 Å². The summed E-state index contributed by atoms with van der Waals surface area (Å²) >= 11 is 0. The van der Waals surface area contributed by atoms with Crippen LogP contribution in [0.2, 0.25) is 0 Å². The molecule has 19 heavy (non-hydrogen) atoms. The van der Waals surface area contributed by atoms with Crippen LogP contribution in [0.15, 0.2) is 0 Å². The van der Waals surface area contributed by atoms with Gasteiger partial charge in [0.1, 0.15) is 0 Å². The number of hydrogen-bond donors (Lipinski definition) is 1. The maximum atomic E-state index is 3.57. The summed E-state index contributed by atoms with van der Waals surface area (Å²) in [6, 6.07) is 0. The zero-order chi connectivity index (χ0) is 14.9. The van der Waals surface area contributed by atoms with Crippen molar-refractivity contribution in [1.29, 1.82) is 0 Å². The molecule has 0 aromatic carbocycles. The second-order valence-electron chi connectivity index (χ2n) is 8.24. The van der Waals surface area contributed by atoms with Crippen molar-refractivity contribution >= 4 is 0 Å². The van der Waals surface area contributed by atoms with E-state index in [-0.39, 0.29) is 0 Å². The van der Waals surface area contributed by atoms with E-state index >= 15 is 0 Å². The average Bonchev–Trinajstić information content (AvgIpc) is 2.22. The van der Waals surface area contributed by atoms with Gasteiger partial charge in [-0.2, -0.15) is 0 Å². The minimum atomic E-state index is 0.398. The molecule has 0 aliphatic carbocycles. The highest BCUT2D eigenvalue weighted by atomic mass is 15.1. The Morgan fingerprint density at radius 2 is 1.47 bits per heavy atom. The van der Waals surface area contributed by atoms with E-state index in [2.05, 4.69) is 58.7 Å². The maximum absolute atomic E-state index is 3.57. The molecule has 0 aromatic heterocycles. The van der Waals surface area contributed by atoms with Crippen molar-refractivity contribution < 1.29 is 0 Å². The predicted molar refractivity (Wildman–Crippen MR) is 87.7 cm³/mol. The van der Waals surface area contributed by atoms with Crippen molar-refractivity contribution in [3.63, 3.8) is 0 Å². The number of nitrogens with one attached hydrogen (secondary N) is 1. The second-order valence-corrected chi connectivity index (χ2v) is 8.24. The monoisotopic (exact) mass is 270 g/mol. The van der Waals surface area contributed by atoms with Gasteiger partial charge in [0, 0.05) is 0 Å². The van der Waals surface area contributed by atoms with E-state index in [1.54, 1.807) is 0 Å². The molecule has 2 heteroatoms. The lowest BCUT2D eigenvalue weighted by Crippen LogP contribution is -2.33. The quantitative estimate of drug-likeness (QED) is 0.633. The first-order valence-corrected chi connectivity index (χ1v) is 8.07. The van der Waals surface area contributed by atoms with E-state index in [1.165, 1.54) is 38.9 Å². The highest BCUT2D eigenvalue weighted by molar-refractivity contribution is 4.68. The molecular weight excluding hydrogens is 232 g/mol. The molecule has 0 spiro atoms. The predicted octanol–water partition coefficient (Wildman–Crippen LogP) is 4.16. The standard InChI is InChI=1S/C17H38N2/c1-8-12-19(14-10-16(2,3)4)13-9-11-18-15-17(5,6)7/h18H,8-15H2,1-7H3. The minimum absolute atomic E-state index is 0.398. The average molecular weight is 271 g/mol. The fraction of sp³-hybridized carbons (Fsp3) is 1.00. The zero-order valence-electron chi connectivity index (χ0n) is 14.6. The van der Waals surface area contributed by atoms with Gasteiger partial charge in [-0.05, 0) is 62.8 Å². The Labute approximate surface area is 122 Å². The molecule has 0 bridgehead atoms. The molecule has 0 unspecified atom stereocenters. The van der Waals surface area contributed by atoms with Gasteiger partial charge in [0.25, 0.3) is 0 Å². The molecule has 0 aromatic rings. The molecule has 2 nitrogen and oxygen atoms in total. The van der Waals surface area contributed by atoms with Crippen LogP contribution in [0.1, 0.15) is 67.7 Å². The first-order valence-electron chi connectivity index (χ1n) is 8.07. The highest BCUT2D eigenvalue weighted by Gasteiger charge is 2.13. The van der Waals surface area contributed by atoms with Crippen LogP contribution >= 0.6 is 0 Å². The molecule has 0 saturated carbocycles. The fourth-order valence-electron chi connectivity index (χ4n) is 2.04. The molecule has 0 aliphatic rings. The van der Waals surface area contributed by atoms with Gasteiger partial charge in [0.05, 0.1) is 0 Å². The molecule has 0 rings (SSSR count). The third-order valence-corrected chi connectivity index (χ3v) is 3.20. The van der Waals surface area contributed by atoms with Crippen molar-refractivity contribution in [1.82, 2.24) is 10.2 Å². The van der Waals surface area contributed by atoms with Crippen LogP contribution in [0.3, 0.4) is 0 Å². The van der Waals surface area contributed by atoms with Crippen LogP contribution in [0.5, 0.6) is 0 Å². The molecule has 116 valence electrons. The summed E-state index contributed by atoms with van der Waals surface area (Å²) in [6.45, 7) is 22.1. The van der Waals surface area contributed by atoms with Crippen molar-refractivity contribution in [2.24, 2.45) is 10.8 Å². The van der Waals surface area contributed by atoms with Crippen LogP contribution in [0.4, 0.5) is 0 Å². The van der Waals surface area contributed by atoms with E-state index in [9.17, 15) is 0 Å². The molecule has 0 radical (unpaired) electrons. The minimum Gasteiger partial charge on any atom is -0.316 e. The van der Waals surface area contributed by atoms with Crippen molar-refractivity contribution in [2.75, 3.05) is 32.7 Å². The summed E-state index contributed by atoms with van der Waals surface area (Å²) in [4.78, 5) is 2.63. The SMILES string of the molecule is CCCN(CCCNCC(C)(C)C)CCC(C)(C)C.